The number of methoxy groups -OCH3 is 1. The van der Waals surface area contributed by atoms with Crippen LogP contribution in [0.2, 0.25) is 0 Å². The molecule has 4 nitrogen and oxygen atoms in total. The van der Waals surface area contributed by atoms with E-state index in [-0.39, 0.29) is 11.3 Å². The van der Waals surface area contributed by atoms with E-state index in [1.165, 1.54) is 29.7 Å². The number of hydrogen-bond donors (Lipinski definition) is 1. The molecular weight excluding hydrogens is 387 g/mol. The first-order chi connectivity index (χ1) is 13.4. The summed E-state index contributed by atoms with van der Waals surface area (Å²) in [5.41, 5.74) is 1.20. The van der Waals surface area contributed by atoms with Gasteiger partial charge in [0.15, 0.2) is 0 Å². The molecule has 0 aliphatic carbocycles. The molecule has 0 atom stereocenters. The standard InChI is InChI=1S/C20H14F3N3OS/c1-27-17-7-2-4-13(8-17)18-12-28-19(26-18)14(10-24)11-25-16-6-3-5-15(9-16)20(21,22)23/h2-9,11-12,25H,1H3. The summed E-state index contributed by atoms with van der Waals surface area (Å²) >= 11 is 1.27. The van der Waals surface area contributed by atoms with Crippen LogP contribution in [0.1, 0.15) is 10.6 Å². The van der Waals surface area contributed by atoms with Crippen LogP contribution in [-0.2, 0) is 6.18 Å². The van der Waals surface area contributed by atoms with E-state index in [1.54, 1.807) is 12.5 Å². The molecule has 0 saturated heterocycles. The molecule has 0 spiro atoms. The lowest BCUT2D eigenvalue weighted by atomic mass is 10.1. The maximum absolute atomic E-state index is 12.8. The molecule has 8 heteroatoms. The number of allylic oxidation sites excluding steroid dienone is 1. The van der Waals surface area contributed by atoms with Gasteiger partial charge in [0, 0.05) is 22.8 Å². The van der Waals surface area contributed by atoms with Crippen LogP contribution in [0.5, 0.6) is 5.75 Å². The second-order valence-electron chi connectivity index (χ2n) is 5.66. The molecule has 0 bridgehead atoms. The Bertz CT molecular complexity index is 1050. The van der Waals surface area contributed by atoms with Crippen molar-refractivity contribution in [2.75, 3.05) is 12.4 Å². The number of nitrogens with zero attached hydrogens (tertiary/aromatic N) is 2. The number of halogens is 3. The molecule has 0 saturated carbocycles. The average Bonchev–Trinajstić information content (AvgIpc) is 3.18. The van der Waals surface area contributed by atoms with Crippen molar-refractivity contribution in [1.29, 1.82) is 5.26 Å². The largest absolute Gasteiger partial charge is 0.497 e. The summed E-state index contributed by atoms with van der Waals surface area (Å²) < 4.78 is 43.6. The minimum absolute atomic E-state index is 0.219. The lowest BCUT2D eigenvalue weighted by molar-refractivity contribution is -0.137. The Hall–Kier alpha value is -3.31. The molecule has 142 valence electrons. The third-order valence-corrected chi connectivity index (χ3v) is 4.67. The highest BCUT2D eigenvalue weighted by Gasteiger charge is 2.30. The minimum Gasteiger partial charge on any atom is -0.497 e. The van der Waals surface area contributed by atoms with Crippen LogP contribution in [0.15, 0.2) is 60.1 Å². The van der Waals surface area contributed by atoms with Gasteiger partial charge in [-0.1, -0.05) is 18.2 Å². The number of hydrogen-bond acceptors (Lipinski definition) is 5. The molecule has 2 aromatic carbocycles. The van der Waals surface area contributed by atoms with Crippen molar-refractivity contribution in [3.8, 4) is 23.1 Å². The Kier molecular flexibility index (Phi) is 5.66. The molecule has 0 unspecified atom stereocenters. The smallest absolute Gasteiger partial charge is 0.416 e. The van der Waals surface area contributed by atoms with Crippen LogP contribution >= 0.6 is 11.3 Å². The van der Waals surface area contributed by atoms with E-state index in [2.05, 4.69) is 10.3 Å². The monoisotopic (exact) mass is 401 g/mol. The Morgan fingerprint density at radius 2 is 2.00 bits per heavy atom. The van der Waals surface area contributed by atoms with Crippen molar-refractivity contribution in [1.82, 2.24) is 4.98 Å². The van der Waals surface area contributed by atoms with Crippen molar-refractivity contribution in [2.45, 2.75) is 6.18 Å². The van der Waals surface area contributed by atoms with Gasteiger partial charge in [-0.3, -0.25) is 0 Å². The predicted octanol–water partition coefficient (Wildman–Crippen LogP) is 5.81. The van der Waals surface area contributed by atoms with Crippen molar-refractivity contribution in [3.63, 3.8) is 0 Å². The SMILES string of the molecule is COc1cccc(-c2csc(C(C#N)=CNc3cccc(C(F)(F)F)c3)n2)c1. The van der Waals surface area contributed by atoms with Crippen LogP contribution in [0.3, 0.4) is 0 Å². The van der Waals surface area contributed by atoms with E-state index < -0.39 is 11.7 Å². The first-order valence-electron chi connectivity index (χ1n) is 8.05. The summed E-state index contributed by atoms with van der Waals surface area (Å²) in [5.74, 6) is 0.689. The van der Waals surface area contributed by atoms with E-state index in [0.717, 1.165) is 17.7 Å². The highest BCUT2D eigenvalue weighted by atomic mass is 32.1. The Balaban J connectivity index is 1.83. The molecule has 0 amide bonds. The molecule has 0 aliphatic rings. The van der Waals surface area contributed by atoms with Gasteiger partial charge in [-0.05, 0) is 30.3 Å². The quantitative estimate of drug-likeness (QED) is 0.548. The van der Waals surface area contributed by atoms with Crippen LogP contribution in [0.25, 0.3) is 16.8 Å². The van der Waals surface area contributed by atoms with Gasteiger partial charge in [0.2, 0.25) is 0 Å². The lowest BCUT2D eigenvalue weighted by Gasteiger charge is -2.08. The molecule has 1 N–H and O–H groups in total. The fraction of sp³-hybridized carbons (Fsp3) is 0.100. The molecule has 1 heterocycles. The van der Waals surface area contributed by atoms with Gasteiger partial charge in [0.1, 0.15) is 22.4 Å². The summed E-state index contributed by atoms with van der Waals surface area (Å²) in [4.78, 5) is 4.45. The Morgan fingerprint density at radius 1 is 1.21 bits per heavy atom. The van der Waals surface area contributed by atoms with Gasteiger partial charge in [-0.15, -0.1) is 11.3 Å². The third kappa shape index (κ3) is 4.50. The second kappa shape index (κ2) is 8.15. The fourth-order valence-electron chi connectivity index (χ4n) is 2.40. The number of anilines is 1. The normalized spacial score (nSPS) is 11.8. The molecule has 3 aromatic rings. The number of ether oxygens (including phenoxy) is 1. The van der Waals surface area contributed by atoms with Gasteiger partial charge in [-0.2, -0.15) is 18.4 Å². The van der Waals surface area contributed by atoms with E-state index in [9.17, 15) is 18.4 Å². The summed E-state index contributed by atoms with van der Waals surface area (Å²) in [5, 5.41) is 14.4. The number of benzene rings is 2. The van der Waals surface area contributed by atoms with Crippen LogP contribution in [-0.4, -0.2) is 12.1 Å². The van der Waals surface area contributed by atoms with Gasteiger partial charge in [0.05, 0.1) is 18.4 Å². The molecule has 1 aromatic heterocycles. The summed E-state index contributed by atoms with van der Waals surface area (Å²) in [6.07, 6.45) is -3.08. The number of nitrogens with one attached hydrogen (secondary N) is 1. The second-order valence-corrected chi connectivity index (χ2v) is 6.52. The molecule has 3 rings (SSSR count). The lowest BCUT2D eigenvalue weighted by Crippen LogP contribution is -2.05. The summed E-state index contributed by atoms with van der Waals surface area (Å²) in [6.45, 7) is 0. The highest BCUT2D eigenvalue weighted by Crippen LogP contribution is 2.31. The predicted molar refractivity (Wildman–Crippen MR) is 103 cm³/mol. The average molecular weight is 401 g/mol. The third-order valence-electron chi connectivity index (χ3n) is 3.79. The molecule has 0 aliphatic heterocycles. The van der Waals surface area contributed by atoms with E-state index in [4.69, 9.17) is 4.74 Å². The van der Waals surface area contributed by atoms with E-state index >= 15 is 0 Å². The molecule has 0 radical (unpaired) electrons. The van der Waals surface area contributed by atoms with Crippen LogP contribution < -0.4 is 10.1 Å². The number of alkyl halides is 3. The number of thiazole rings is 1. The first-order valence-corrected chi connectivity index (χ1v) is 8.93. The molecule has 28 heavy (non-hydrogen) atoms. The van der Waals surface area contributed by atoms with Crippen LogP contribution in [0, 0.1) is 11.3 Å². The van der Waals surface area contributed by atoms with Crippen molar-refractivity contribution >= 4 is 22.6 Å². The van der Waals surface area contributed by atoms with Gasteiger partial charge in [-0.25, -0.2) is 4.98 Å². The van der Waals surface area contributed by atoms with Crippen molar-refractivity contribution in [3.05, 3.63) is 70.7 Å². The summed E-state index contributed by atoms with van der Waals surface area (Å²) in [7, 11) is 1.57. The maximum Gasteiger partial charge on any atom is 0.416 e. The van der Waals surface area contributed by atoms with E-state index in [1.807, 2.05) is 30.3 Å². The maximum atomic E-state index is 12.8. The molecular formula is C20H14F3N3OS. The first kappa shape index (κ1) is 19.5. The van der Waals surface area contributed by atoms with E-state index in [0.29, 0.717) is 16.5 Å². The number of aromatic nitrogens is 1. The van der Waals surface area contributed by atoms with Gasteiger partial charge < -0.3 is 10.1 Å². The van der Waals surface area contributed by atoms with Crippen LogP contribution in [0.4, 0.5) is 18.9 Å². The summed E-state index contributed by atoms with van der Waals surface area (Å²) in [6, 6.07) is 14.1. The Morgan fingerprint density at radius 3 is 2.71 bits per heavy atom. The van der Waals surface area contributed by atoms with Gasteiger partial charge >= 0.3 is 6.18 Å². The zero-order chi connectivity index (χ0) is 20.1. The molecule has 0 fully saturated rings. The number of rotatable bonds is 5. The highest BCUT2D eigenvalue weighted by molar-refractivity contribution is 7.11. The minimum atomic E-state index is -4.43. The van der Waals surface area contributed by atoms with Crippen molar-refractivity contribution in [2.24, 2.45) is 0 Å². The zero-order valence-electron chi connectivity index (χ0n) is 14.6. The Labute approximate surface area is 163 Å². The van der Waals surface area contributed by atoms with Gasteiger partial charge in [0.25, 0.3) is 0 Å². The zero-order valence-corrected chi connectivity index (χ0v) is 15.4. The number of nitriles is 1. The fourth-order valence-corrected chi connectivity index (χ4v) is 3.19. The van der Waals surface area contributed by atoms with Crippen molar-refractivity contribution < 1.29 is 17.9 Å². The topological polar surface area (TPSA) is 57.9 Å².